The first kappa shape index (κ1) is 24.2. The molecule has 0 spiro atoms. The highest BCUT2D eigenvalue weighted by Gasteiger charge is 2.22. The highest BCUT2D eigenvalue weighted by molar-refractivity contribution is 6.05. The first-order chi connectivity index (χ1) is 17.1. The van der Waals surface area contributed by atoms with E-state index in [-0.39, 0.29) is 5.82 Å². The van der Waals surface area contributed by atoms with Crippen LogP contribution in [0.4, 0.5) is 15.9 Å². The summed E-state index contributed by atoms with van der Waals surface area (Å²) in [7, 11) is 3.21. The van der Waals surface area contributed by atoms with E-state index in [4.69, 9.17) is 24.5 Å². The van der Waals surface area contributed by atoms with Gasteiger partial charge < -0.3 is 24.3 Å². The van der Waals surface area contributed by atoms with Crippen LogP contribution in [0.1, 0.15) is 0 Å². The number of H-pyrrole nitrogens is 1. The predicted octanol–water partition coefficient (Wildman–Crippen LogP) is 5.32. The van der Waals surface area contributed by atoms with Crippen molar-refractivity contribution in [3.8, 4) is 22.8 Å². The maximum absolute atomic E-state index is 13.8. The van der Waals surface area contributed by atoms with Crippen LogP contribution in [0, 0.1) is 5.82 Å². The summed E-state index contributed by atoms with van der Waals surface area (Å²) >= 11 is 0. The molecule has 1 aliphatic heterocycles. The van der Waals surface area contributed by atoms with Gasteiger partial charge >= 0.3 is 0 Å². The van der Waals surface area contributed by atoms with Gasteiger partial charge in [0.25, 0.3) is 0 Å². The summed E-state index contributed by atoms with van der Waals surface area (Å²) in [4.78, 5) is 2.68. The van der Waals surface area contributed by atoms with Crippen LogP contribution in [0.25, 0.3) is 32.5 Å². The molecule has 0 saturated carbocycles. The van der Waals surface area contributed by atoms with E-state index < -0.39 is 0 Å². The van der Waals surface area contributed by atoms with Crippen molar-refractivity contribution in [2.45, 2.75) is 6.54 Å². The Balaban J connectivity index is 1.55. The molecule has 0 bridgehead atoms. The van der Waals surface area contributed by atoms with E-state index >= 15 is 0 Å². The van der Waals surface area contributed by atoms with Gasteiger partial charge in [-0.25, -0.2) is 4.39 Å². The van der Waals surface area contributed by atoms with Gasteiger partial charge in [0.2, 0.25) is 0 Å². The van der Waals surface area contributed by atoms with Crippen molar-refractivity contribution in [3.63, 3.8) is 0 Å². The first-order valence-corrected chi connectivity index (χ1v) is 11.1. The topological polar surface area (TPSA) is 118 Å². The standard InChI is InChI=1S/C24H27FN6O4/c1-32-21-13-16-12-20-23(19(16)15-22(21)33-2)29-31(7-9-35-11-10-34-8-6-27-30-26)24(20)28-18-5-3-4-17(25)14-18/h3-5,12-15,28-29H,6-11H2,1-2H3. The Morgan fingerprint density at radius 2 is 1.80 bits per heavy atom. The van der Waals surface area contributed by atoms with Gasteiger partial charge in [0.1, 0.15) is 11.6 Å². The summed E-state index contributed by atoms with van der Waals surface area (Å²) in [6, 6.07) is 12.3. The molecule has 0 amide bonds. The number of hydrogen-bond acceptors (Lipinski definition) is 6. The number of benzene rings is 2. The highest BCUT2D eigenvalue weighted by Crippen LogP contribution is 2.43. The van der Waals surface area contributed by atoms with E-state index in [1.165, 1.54) is 12.1 Å². The monoisotopic (exact) mass is 482 g/mol. The largest absolute Gasteiger partial charge is 0.493 e. The van der Waals surface area contributed by atoms with Crippen molar-refractivity contribution in [1.29, 1.82) is 0 Å². The molecule has 10 nitrogen and oxygen atoms in total. The number of rotatable bonds is 13. The zero-order chi connectivity index (χ0) is 24.6. The van der Waals surface area contributed by atoms with Crippen LogP contribution in [-0.4, -0.2) is 57.0 Å². The maximum Gasteiger partial charge on any atom is 0.161 e. The van der Waals surface area contributed by atoms with Crippen LogP contribution in [-0.2, 0) is 16.0 Å². The van der Waals surface area contributed by atoms with Gasteiger partial charge in [-0.2, -0.15) is 0 Å². The average Bonchev–Trinajstić information content (AvgIpc) is 3.37. The van der Waals surface area contributed by atoms with Crippen molar-refractivity contribution in [2.75, 3.05) is 52.5 Å². The van der Waals surface area contributed by atoms with E-state index in [2.05, 4.69) is 26.5 Å². The molecule has 2 N–H and O–H groups in total. The molecule has 4 rings (SSSR count). The number of anilines is 2. The number of methoxy groups -OCH3 is 2. The van der Waals surface area contributed by atoms with E-state index in [9.17, 15) is 4.39 Å². The SMILES string of the molecule is COc1cc2cc3c(Nc4cccc(F)c4)n(CCOCCOCCN=[N+]=[N-])[nH]c-3c2cc1OC. The number of azide groups is 1. The number of aromatic amines is 1. The van der Waals surface area contributed by atoms with Gasteiger partial charge in [0.15, 0.2) is 11.5 Å². The van der Waals surface area contributed by atoms with Gasteiger partial charge in [0, 0.05) is 28.1 Å². The Hall–Kier alpha value is -3.92. The molecule has 0 radical (unpaired) electrons. The van der Waals surface area contributed by atoms with Crippen LogP contribution in [0.5, 0.6) is 11.5 Å². The summed E-state index contributed by atoms with van der Waals surface area (Å²) < 4.78 is 37.7. The lowest BCUT2D eigenvalue weighted by Crippen LogP contribution is -2.13. The van der Waals surface area contributed by atoms with E-state index in [1.807, 2.05) is 22.9 Å². The fraction of sp³-hybridized carbons (Fsp3) is 0.333. The van der Waals surface area contributed by atoms with Gasteiger partial charge in [-0.1, -0.05) is 11.2 Å². The van der Waals surface area contributed by atoms with Gasteiger partial charge in [-0.3, -0.25) is 9.78 Å². The van der Waals surface area contributed by atoms with Crippen LogP contribution in [0.3, 0.4) is 0 Å². The molecule has 184 valence electrons. The molecule has 2 aliphatic rings. The Morgan fingerprint density at radius 1 is 1.03 bits per heavy atom. The normalized spacial score (nSPS) is 11.1. The number of ether oxygens (including phenoxy) is 4. The summed E-state index contributed by atoms with van der Waals surface area (Å²) in [5.74, 6) is 1.75. The average molecular weight is 483 g/mol. The van der Waals surface area contributed by atoms with Crippen molar-refractivity contribution >= 4 is 22.3 Å². The minimum atomic E-state index is -0.320. The molecule has 35 heavy (non-hydrogen) atoms. The van der Waals surface area contributed by atoms with Crippen LogP contribution in [0.2, 0.25) is 0 Å². The minimum Gasteiger partial charge on any atom is -0.493 e. The third-order valence-electron chi connectivity index (χ3n) is 5.48. The number of nitrogens with zero attached hydrogens (tertiary/aromatic N) is 4. The Bertz CT molecular complexity index is 1300. The second-order valence-corrected chi connectivity index (χ2v) is 7.65. The highest BCUT2D eigenvalue weighted by atomic mass is 19.1. The quantitative estimate of drug-likeness (QED) is 0.116. The molecule has 0 saturated heterocycles. The molecular weight excluding hydrogens is 455 g/mol. The van der Waals surface area contributed by atoms with Gasteiger partial charge in [0.05, 0.1) is 52.9 Å². The summed E-state index contributed by atoms with van der Waals surface area (Å²) in [6.07, 6.45) is 0. The van der Waals surface area contributed by atoms with Gasteiger partial charge in [-0.05, 0) is 47.3 Å². The van der Waals surface area contributed by atoms with Crippen molar-refractivity contribution < 1.29 is 23.3 Å². The fourth-order valence-electron chi connectivity index (χ4n) is 3.88. The Kier molecular flexibility index (Phi) is 7.94. The van der Waals surface area contributed by atoms with Crippen LogP contribution < -0.4 is 14.8 Å². The third kappa shape index (κ3) is 5.60. The summed E-state index contributed by atoms with van der Waals surface area (Å²) in [5, 5.41) is 12.2. The number of aromatic nitrogens is 2. The fourth-order valence-corrected chi connectivity index (χ4v) is 3.88. The van der Waals surface area contributed by atoms with Crippen LogP contribution in [0.15, 0.2) is 47.6 Å². The molecule has 2 aromatic carbocycles. The number of fused-ring (bicyclic) bond motifs is 3. The van der Waals surface area contributed by atoms with E-state index in [0.717, 1.165) is 27.8 Å². The predicted molar refractivity (Wildman–Crippen MR) is 131 cm³/mol. The summed E-state index contributed by atoms with van der Waals surface area (Å²) in [6.45, 7) is 2.43. The molecule has 1 aliphatic carbocycles. The van der Waals surface area contributed by atoms with E-state index in [1.54, 1.807) is 20.3 Å². The second-order valence-electron chi connectivity index (χ2n) is 7.65. The lowest BCUT2D eigenvalue weighted by Gasteiger charge is -2.12. The van der Waals surface area contributed by atoms with Crippen molar-refractivity contribution in [3.05, 3.63) is 58.7 Å². The minimum absolute atomic E-state index is 0.296. The zero-order valence-corrected chi connectivity index (χ0v) is 19.6. The second kappa shape index (κ2) is 11.5. The smallest absolute Gasteiger partial charge is 0.161 e. The lowest BCUT2D eigenvalue weighted by atomic mass is 10.2. The number of halogens is 1. The Labute approximate surface area is 201 Å². The summed E-state index contributed by atoms with van der Waals surface area (Å²) in [5.41, 5.74) is 10.8. The lowest BCUT2D eigenvalue weighted by molar-refractivity contribution is 0.0470. The number of hydrogen-bond donors (Lipinski definition) is 2. The Morgan fingerprint density at radius 3 is 2.54 bits per heavy atom. The molecule has 0 unspecified atom stereocenters. The molecule has 0 fully saturated rings. The van der Waals surface area contributed by atoms with Crippen molar-refractivity contribution in [2.24, 2.45) is 5.11 Å². The maximum atomic E-state index is 13.8. The van der Waals surface area contributed by atoms with Crippen molar-refractivity contribution in [1.82, 2.24) is 9.78 Å². The molecule has 0 atom stereocenters. The molecule has 11 heteroatoms. The molecular formula is C24H27FN6O4. The molecule has 2 aromatic rings. The molecule has 1 heterocycles. The third-order valence-corrected chi connectivity index (χ3v) is 5.48. The zero-order valence-electron chi connectivity index (χ0n) is 19.6. The van der Waals surface area contributed by atoms with Crippen LogP contribution >= 0.6 is 0 Å². The van der Waals surface area contributed by atoms with E-state index in [0.29, 0.717) is 56.7 Å². The van der Waals surface area contributed by atoms with Gasteiger partial charge in [-0.15, -0.1) is 0 Å². The molecule has 0 aromatic heterocycles. The first-order valence-electron chi connectivity index (χ1n) is 11.1. The number of nitrogens with one attached hydrogen (secondary N) is 2.